The van der Waals surface area contributed by atoms with E-state index in [-0.39, 0.29) is 0 Å². The molecule has 0 saturated carbocycles. The van der Waals surface area contributed by atoms with Crippen molar-refractivity contribution in [2.24, 2.45) is 0 Å². The summed E-state index contributed by atoms with van der Waals surface area (Å²) in [6.45, 7) is 5.64. The van der Waals surface area contributed by atoms with Gasteiger partial charge in [0.15, 0.2) is 0 Å². The van der Waals surface area contributed by atoms with E-state index in [0.717, 1.165) is 25.1 Å². The normalized spacial score (nSPS) is 12.7. The zero-order valence-corrected chi connectivity index (χ0v) is 14.0. The highest BCUT2D eigenvalue weighted by Crippen LogP contribution is 2.12. The van der Waals surface area contributed by atoms with Crippen molar-refractivity contribution < 1.29 is 9.84 Å². The average molecular weight is 319 g/mol. The van der Waals surface area contributed by atoms with Crippen molar-refractivity contribution in [1.82, 2.24) is 4.90 Å². The van der Waals surface area contributed by atoms with Gasteiger partial charge in [-0.15, -0.1) is 11.3 Å². The van der Waals surface area contributed by atoms with Crippen molar-refractivity contribution in [2.45, 2.75) is 32.6 Å². The van der Waals surface area contributed by atoms with Crippen LogP contribution in [0.2, 0.25) is 0 Å². The van der Waals surface area contributed by atoms with Gasteiger partial charge in [0.25, 0.3) is 0 Å². The van der Waals surface area contributed by atoms with E-state index in [9.17, 15) is 5.11 Å². The molecule has 0 aliphatic carbocycles. The second-order valence-electron chi connectivity index (χ2n) is 5.47. The molecular weight excluding hydrogens is 294 g/mol. The summed E-state index contributed by atoms with van der Waals surface area (Å²) < 4.78 is 5.62. The predicted octanol–water partition coefficient (Wildman–Crippen LogP) is 3.54. The van der Waals surface area contributed by atoms with Gasteiger partial charge in [-0.05, 0) is 30.0 Å². The lowest BCUT2D eigenvalue weighted by Crippen LogP contribution is -2.34. The summed E-state index contributed by atoms with van der Waals surface area (Å²) in [6.07, 6.45) is 0.637. The zero-order chi connectivity index (χ0) is 15.6. The third-order valence-corrected chi connectivity index (χ3v) is 4.25. The Bertz CT molecular complexity index is 501. The number of hydrogen-bond donors (Lipinski definition) is 1. The van der Waals surface area contributed by atoms with Gasteiger partial charge in [0, 0.05) is 18.0 Å². The van der Waals surface area contributed by atoms with Crippen molar-refractivity contribution >= 4 is 11.3 Å². The van der Waals surface area contributed by atoms with Crippen LogP contribution in [0.15, 0.2) is 47.8 Å². The Kier molecular flexibility index (Phi) is 7.60. The van der Waals surface area contributed by atoms with Gasteiger partial charge in [-0.1, -0.05) is 43.3 Å². The molecule has 1 atom stereocenters. The Morgan fingerprint density at radius 2 is 2.00 bits per heavy atom. The summed E-state index contributed by atoms with van der Waals surface area (Å²) in [5.74, 6) is 0. The topological polar surface area (TPSA) is 32.7 Å². The van der Waals surface area contributed by atoms with Crippen LogP contribution in [0, 0.1) is 0 Å². The van der Waals surface area contributed by atoms with Crippen LogP contribution in [0.1, 0.15) is 23.8 Å². The van der Waals surface area contributed by atoms with Crippen molar-refractivity contribution in [3.63, 3.8) is 0 Å². The molecule has 3 nitrogen and oxygen atoms in total. The number of nitrogens with zero attached hydrogens (tertiary/aromatic N) is 1. The van der Waals surface area contributed by atoms with E-state index in [2.05, 4.69) is 29.3 Å². The lowest BCUT2D eigenvalue weighted by molar-refractivity contribution is 0.00871. The monoisotopic (exact) mass is 319 g/mol. The Hall–Kier alpha value is -1.20. The van der Waals surface area contributed by atoms with Crippen molar-refractivity contribution in [1.29, 1.82) is 0 Å². The van der Waals surface area contributed by atoms with Crippen LogP contribution in [0.3, 0.4) is 0 Å². The van der Waals surface area contributed by atoms with E-state index >= 15 is 0 Å². The maximum Gasteiger partial charge on any atom is 0.0900 e. The first-order chi connectivity index (χ1) is 10.8. The molecule has 0 unspecified atom stereocenters. The van der Waals surface area contributed by atoms with Crippen LogP contribution in [-0.2, 0) is 17.9 Å². The summed E-state index contributed by atoms with van der Waals surface area (Å²) >= 11 is 1.76. The molecule has 0 bridgehead atoms. The second kappa shape index (κ2) is 9.74. The van der Waals surface area contributed by atoms with Crippen LogP contribution in [0.5, 0.6) is 0 Å². The molecule has 4 heteroatoms. The van der Waals surface area contributed by atoms with Crippen LogP contribution in [0.25, 0.3) is 0 Å². The summed E-state index contributed by atoms with van der Waals surface area (Å²) in [4.78, 5) is 3.63. The minimum atomic E-state index is -0.449. The molecule has 0 fully saturated rings. The molecule has 2 aromatic rings. The van der Waals surface area contributed by atoms with Crippen molar-refractivity contribution in [3.8, 4) is 0 Å². The summed E-state index contributed by atoms with van der Waals surface area (Å²) in [5.41, 5.74) is 1.14. The van der Waals surface area contributed by atoms with Gasteiger partial charge < -0.3 is 9.84 Å². The van der Waals surface area contributed by atoms with E-state index in [0.29, 0.717) is 19.8 Å². The molecule has 0 saturated heterocycles. The molecule has 0 amide bonds. The van der Waals surface area contributed by atoms with Crippen LogP contribution in [-0.4, -0.2) is 35.8 Å². The van der Waals surface area contributed by atoms with Gasteiger partial charge in [0.1, 0.15) is 0 Å². The molecule has 0 radical (unpaired) electrons. The third kappa shape index (κ3) is 6.28. The molecule has 22 heavy (non-hydrogen) atoms. The smallest absolute Gasteiger partial charge is 0.0900 e. The Labute approximate surface area is 137 Å². The quantitative estimate of drug-likeness (QED) is 0.727. The summed E-state index contributed by atoms with van der Waals surface area (Å²) in [5, 5.41) is 12.3. The SMILES string of the molecule is CCCN(Cc1cccs1)C[C@H](O)COCc1ccccc1. The Morgan fingerprint density at radius 1 is 1.18 bits per heavy atom. The van der Waals surface area contributed by atoms with Gasteiger partial charge in [0.05, 0.1) is 19.3 Å². The van der Waals surface area contributed by atoms with Crippen LogP contribution < -0.4 is 0 Å². The number of rotatable bonds is 10. The minimum absolute atomic E-state index is 0.375. The number of aliphatic hydroxyl groups is 1. The van der Waals surface area contributed by atoms with E-state index in [1.54, 1.807) is 11.3 Å². The molecule has 0 aliphatic heterocycles. The van der Waals surface area contributed by atoms with E-state index in [1.165, 1.54) is 4.88 Å². The molecule has 1 aromatic heterocycles. The third-order valence-electron chi connectivity index (χ3n) is 3.39. The maximum absolute atomic E-state index is 10.2. The highest BCUT2D eigenvalue weighted by atomic mass is 32.1. The predicted molar refractivity (Wildman–Crippen MR) is 92.0 cm³/mol. The highest BCUT2D eigenvalue weighted by molar-refractivity contribution is 7.09. The van der Waals surface area contributed by atoms with Gasteiger partial charge in [-0.2, -0.15) is 0 Å². The lowest BCUT2D eigenvalue weighted by Gasteiger charge is -2.24. The average Bonchev–Trinajstić information content (AvgIpc) is 3.01. The standard InChI is InChI=1S/C18H25NO2S/c1-2-10-19(13-18-9-6-11-22-18)12-17(20)15-21-14-16-7-4-3-5-8-16/h3-9,11,17,20H,2,10,12-15H2,1H3/t17-/m0/s1. The fourth-order valence-corrected chi connectivity index (χ4v) is 3.16. The van der Waals surface area contributed by atoms with E-state index < -0.39 is 6.10 Å². The first kappa shape index (κ1) is 17.2. The van der Waals surface area contributed by atoms with Gasteiger partial charge >= 0.3 is 0 Å². The van der Waals surface area contributed by atoms with Crippen LogP contribution in [0.4, 0.5) is 0 Å². The van der Waals surface area contributed by atoms with Crippen LogP contribution >= 0.6 is 11.3 Å². The van der Waals surface area contributed by atoms with Gasteiger partial charge in [-0.25, -0.2) is 0 Å². The van der Waals surface area contributed by atoms with Gasteiger partial charge in [0.2, 0.25) is 0 Å². The highest BCUT2D eigenvalue weighted by Gasteiger charge is 2.12. The van der Waals surface area contributed by atoms with E-state index in [1.807, 2.05) is 30.3 Å². The molecule has 2 rings (SSSR count). The van der Waals surface area contributed by atoms with Gasteiger partial charge in [-0.3, -0.25) is 4.90 Å². The summed E-state index contributed by atoms with van der Waals surface area (Å²) in [7, 11) is 0. The lowest BCUT2D eigenvalue weighted by atomic mass is 10.2. The zero-order valence-electron chi connectivity index (χ0n) is 13.1. The molecule has 1 heterocycles. The molecule has 1 aromatic carbocycles. The molecular formula is C18H25NO2S. The first-order valence-electron chi connectivity index (χ1n) is 7.82. The largest absolute Gasteiger partial charge is 0.389 e. The van der Waals surface area contributed by atoms with Crippen molar-refractivity contribution in [3.05, 3.63) is 58.3 Å². The fraction of sp³-hybridized carbons (Fsp3) is 0.444. The molecule has 1 N–H and O–H groups in total. The minimum Gasteiger partial charge on any atom is -0.389 e. The first-order valence-corrected chi connectivity index (χ1v) is 8.70. The number of ether oxygens (including phenoxy) is 1. The summed E-state index contributed by atoms with van der Waals surface area (Å²) in [6, 6.07) is 14.3. The van der Waals surface area contributed by atoms with E-state index in [4.69, 9.17) is 4.74 Å². The maximum atomic E-state index is 10.2. The Balaban J connectivity index is 1.72. The number of hydrogen-bond acceptors (Lipinski definition) is 4. The fourth-order valence-electron chi connectivity index (χ4n) is 2.41. The molecule has 0 aliphatic rings. The Morgan fingerprint density at radius 3 is 2.68 bits per heavy atom. The number of aliphatic hydroxyl groups excluding tert-OH is 1. The second-order valence-corrected chi connectivity index (χ2v) is 6.50. The number of benzene rings is 1. The molecule has 0 spiro atoms. The number of thiophene rings is 1. The molecule has 120 valence electrons. The van der Waals surface area contributed by atoms with Crippen molar-refractivity contribution in [2.75, 3.05) is 19.7 Å².